The molecule has 6 nitrogen and oxygen atoms in total. The van der Waals surface area contributed by atoms with E-state index in [1.165, 1.54) is 12.1 Å². The van der Waals surface area contributed by atoms with Crippen molar-refractivity contribution in [1.29, 1.82) is 0 Å². The lowest BCUT2D eigenvalue weighted by Crippen LogP contribution is -2.13. The smallest absolute Gasteiger partial charge is 0.293 e. The van der Waals surface area contributed by atoms with E-state index in [1.807, 2.05) is 42.5 Å². The van der Waals surface area contributed by atoms with Gasteiger partial charge in [-0.15, -0.1) is 0 Å². The number of hydrogen-bond acceptors (Lipinski definition) is 4. The SMILES string of the molecule is CC(C)c1ccc(NC(=O)c2ccc(NCc3ccccc3Cl)c([N+](=O)[O-])c2)cc1. The Morgan fingerprint density at radius 3 is 2.40 bits per heavy atom. The van der Waals surface area contributed by atoms with Gasteiger partial charge in [0.15, 0.2) is 0 Å². The number of benzene rings is 3. The van der Waals surface area contributed by atoms with Gasteiger partial charge < -0.3 is 10.6 Å². The molecule has 0 saturated heterocycles. The van der Waals surface area contributed by atoms with Crippen LogP contribution in [-0.4, -0.2) is 10.8 Å². The van der Waals surface area contributed by atoms with Crippen molar-refractivity contribution in [2.75, 3.05) is 10.6 Å². The molecular formula is C23H22ClN3O3. The summed E-state index contributed by atoms with van der Waals surface area (Å²) in [5.74, 6) is -0.0173. The van der Waals surface area contributed by atoms with Crippen LogP contribution in [0.2, 0.25) is 5.02 Å². The summed E-state index contributed by atoms with van der Waals surface area (Å²) in [4.78, 5) is 23.6. The Morgan fingerprint density at radius 2 is 1.77 bits per heavy atom. The highest BCUT2D eigenvalue weighted by molar-refractivity contribution is 6.31. The highest BCUT2D eigenvalue weighted by Gasteiger charge is 2.18. The summed E-state index contributed by atoms with van der Waals surface area (Å²) in [6.07, 6.45) is 0. The fourth-order valence-corrected chi connectivity index (χ4v) is 3.16. The Balaban J connectivity index is 1.76. The summed E-state index contributed by atoms with van der Waals surface area (Å²) in [5, 5.41) is 17.9. The molecule has 3 aromatic carbocycles. The number of carbonyl (C=O) groups excluding carboxylic acids is 1. The van der Waals surface area contributed by atoms with Gasteiger partial charge in [0.25, 0.3) is 11.6 Å². The van der Waals surface area contributed by atoms with Crippen molar-refractivity contribution in [3.05, 3.63) is 98.6 Å². The molecule has 3 rings (SSSR count). The summed E-state index contributed by atoms with van der Waals surface area (Å²) in [5.41, 5.74) is 2.96. The molecule has 0 aliphatic heterocycles. The lowest BCUT2D eigenvalue weighted by molar-refractivity contribution is -0.384. The summed E-state index contributed by atoms with van der Waals surface area (Å²) < 4.78 is 0. The van der Waals surface area contributed by atoms with E-state index in [0.29, 0.717) is 28.9 Å². The molecule has 0 atom stereocenters. The third-order valence-corrected chi connectivity index (χ3v) is 5.09. The Bertz CT molecular complexity index is 1070. The van der Waals surface area contributed by atoms with Crippen LogP contribution in [0.4, 0.5) is 17.1 Å². The summed E-state index contributed by atoms with van der Waals surface area (Å²) >= 11 is 6.14. The molecule has 0 heterocycles. The van der Waals surface area contributed by atoms with Crippen LogP contribution in [0.15, 0.2) is 66.7 Å². The van der Waals surface area contributed by atoms with Crippen LogP contribution in [0.3, 0.4) is 0 Å². The molecule has 1 amide bonds. The minimum Gasteiger partial charge on any atom is -0.375 e. The molecular weight excluding hydrogens is 402 g/mol. The molecule has 2 N–H and O–H groups in total. The van der Waals surface area contributed by atoms with E-state index in [2.05, 4.69) is 24.5 Å². The second-order valence-corrected chi connectivity index (χ2v) is 7.57. The molecule has 0 fully saturated rings. The molecule has 154 valence electrons. The highest BCUT2D eigenvalue weighted by Crippen LogP contribution is 2.27. The largest absolute Gasteiger partial charge is 0.375 e. The average Bonchev–Trinajstić information content (AvgIpc) is 2.73. The Kier molecular flexibility index (Phi) is 6.69. The molecule has 3 aromatic rings. The van der Waals surface area contributed by atoms with Crippen molar-refractivity contribution in [3.63, 3.8) is 0 Å². The van der Waals surface area contributed by atoms with Crippen molar-refractivity contribution in [1.82, 2.24) is 0 Å². The first-order valence-electron chi connectivity index (χ1n) is 9.52. The number of amides is 1. The molecule has 0 aliphatic carbocycles. The molecule has 30 heavy (non-hydrogen) atoms. The molecule has 0 bridgehead atoms. The monoisotopic (exact) mass is 423 g/mol. The molecule has 0 saturated carbocycles. The van der Waals surface area contributed by atoms with E-state index < -0.39 is 10.8 Å². The zero-order chi connectivity index (χ0) is 21.7. The first-order valence-corrected chi connectivity index (χ1v) is 9.90. The van der Waals surface area contributed by atoms with Gasteiger partial charge in [-0.25, -0.2) is 0 Å². The second kappa shape index (κ2) is 9.41. The topological polar surface area (TPSA) is 84.3 Å². The Hall–Kier alpha value is -3.38. The molecule has 7 heteroatoms. The molecule has 0 unspecified atom stereocenters. The van der Waals surface area contributed by atoms with Crippen molar-refractivity contribution in [3.8, 4) is 0 Å². The van der Waals surface area contributed by atoms with Gasteiger partial charge in [0.05, 0.1) is 4.92 Å². The minimum absolute atomic E-state index is 0.176. The van der Waals surface area contributed by atoms with Gasteiger partial charge in [-0.2, -0.15) is 0 Å². The van der Waals surface area contributed by atoms with E-state index in [4.69, 9.17) is 11.6 Å². The quantitative estimate of drug-likeness (QED) is 0.348. The van der Waals surface area contributed by atoms with Gasteiger partial charge in [0.2, 0.25) is 0 Å². The van der Waals surface area contributed by atoms with E-state index in [9.17, 15) is 14.9 Å². The van der Waals surface area contributed by atoms with E-state index in [0.717, 1.165) is 11.1 Å². The van der Waals surface area contributed by atoms with Gasteiger partial charge in [0, 0.05) is 28.9 Å². The molecule has 0 radical (unpaired) electrons. The van der Waals surface area contributed by atoms with Gasteiger partial charge in [-0.05, 0) is 47.4 Å². The van der Waals surface area contributed by atoms with Crippen molar-refractivity contribution in [2.24, 2.45) is 0 Å². The Labute approximate surface area is 180 Å². The fraction of sp³-hybridized carbons (Fsp3) is 0.174. The molecule has 0 aliphatic rings. The zero-order valence-electron chi connectivity index (χ0n) is 16.7. The summed E-state index contributed by atoms with van der Waals surface area (Å²) in [7, 11) is 0. The normalized spacial score (nSPS) is 10.7. The van der Waals surface area contributed by atoms with Gasteiger partial charge in [-0.3, -0.25) is 14.9 Å². The third kappa shape index (κ3) is 5.15. The summed E-state index contributed by atoms with van der Waals surface area (Å²) in [6.45, 7) is 4.51. The third-order valence-electron chi connectivity index (χ3n) is 4.72. The number of nitrogens with one attached hydrogen (secondary N) is 2. The number of carbonyl (C=O) groups is 1. The van der Waals surface area contributed by atoms with Crippen LogP contribution in [0.5, 0.6) is 0 Å². The first kappa shape index (κ1) is 21.3. The predicted molar refractivity (Wildman–Crippen MR) is 120 cm³/mol. The number of anilines is 2. The second-order valence-electron chi connectivity index (χ2n) is 7.16. The maximum Gasteiger partial charge on any atom is 0.293 e. The fourth-order valence-electron chi connectivity index (χ4n) is 2.96. The zero-order valence-corrected chi connectivity index (χ0v) is 17.4. The number of nitro benzene ring substituents is 1. The maximum atomic E-state index is 12.6. The van der Waals surface area contributed by atoms with Crippen molar-refractivity contribution < 1.29 is 9.72 Å². The van der Waals surface area contributed by atoms with Crippen LogP contribution in [0.1, 0.15) is 41.3 Å². The van der Waals surface area contributed by atoms with E-state index in [-0.39, 0.29) is 11.3 Å². The minimum atomic E-state index is -0.511. The van der Waals surface area contributed by atoms with Gasteiger partial charge in [-0.1, -0.05) is 55.8 Å². The van der Waals surface area contributed by atoms with Crippen LogP contribution >= 0.6 is 11.6 Å². The molecule has 0 aromatic heterocycles. The van der Waals surface area contributed by atoms with Gasteiger partial charge >= 0.3 is 0 Å². The first-order chi connectivity index (χ1) is 14.3. The molecule has 0 spiro atoms. The number of rotatable bonds is 7. The van der Waals surface area contributed by atoms with Crippen LogP contribution < -0.4 is 10.6 Å². The van der Waals surface area contributed by atoms with Crippen LogP contribution in [-0.2, 0) is 6.54 Å². The lowest BCUT2D eigenvalue weighted by Gasteiger charge is -2.11. The summed E-state index contributed by atoms with van der Waals surface area (Å²) in [6, 6.07) is 19.2. The number of nitro groups is 1. The lowest BCUT2D eigenvalue weighted by atomic mass is 10.0. The number of hydrogen-bond donors (Lipinski definition) is 2. The standard InChI is InChI=1S/C23H22ClN3O3/c1-15(2)16-7-10-19(11-8-16)26-23(28)17-9-12-21(22(13-17)27(29)30)25-14-18-5-3-4-6-20(18)24/h3-13,15,25H,14H2,1-2H3,(H,26,28). The van der Waals surface area contributed by atoms with Crippen molar-refractivity contribution in [2.45, 2.75) is 26.3 Å². The highest BCUT2D eigenvalue weighted by atomic mass is 35.5. The number of halogens is 1. The van der Waals surface area contributed by atoms with E-state index in [1.54, 1.807) is 12.1 Å². The van der Waals surface area contributed by atoms with Crippen LogP contribution in [0, 0.1) is 10.1 Å². The van der Waals surface area contributed by atoms with Crippen molar-refractivity contribution >= 4 is 34.6 Å². The Morgan fingerprint density at radius 1 is 1.07 bits per heavy atom. The van der Waals surface area contributed by atoms with E-state index >= 15 is 0 Å². The average molecular weight is 424 g/mol. The van der Waals surface area contributed by atoms with Gasteiger partial charge in [0.1, 0.15) is 5.69 Å². The maximum absolute atomic E-state index is 12.6. The predicted octanol–water partition coefficient (Wildman–Crippen LogP) is 6.24. The number of nitrogens with zero attached hydrogens (tertiary/aromatic N) is 1. The van der Waals surface area contributed by atoms with Crippen LogP contribution in [0.25, 0.3) is 0 Å².